The minimum atomic E-state index is -2.32. The number of aliphatic hydroxyl groups excluding tert-OH is 19. The van der Waals surface area contributed by atoms with Crippen LogP contribution in [-0.4, -0.2) is 369 Å². The topological polar surface area (TPSA) is 592 Å². The molecule has 0 aromatic rings. The first-order chi connectivity index (χ1) is 40.6. The lowest BCUT2D eigenvalue weighted by Crippen LogP contribution is -2.71. The second-order valence-electron chi connectivity index (χ2n) is 21.8. The number of aliphatic hydroxyl groups is 19. The van der Waals surface area contributed by atoms with Gasteiger partial charge in [-0.05, 0) is 6.92 Å². The molecule has 0 bridgehead atoms. The Morgan fingerprint density at radius 2 is 0.663 bits per heavy atom. The van der Waals surface area contributed by atoms with E-state index in [4.69, 9.17) is 61.6 Å². The summed E-state index contributed by atoms with van der Waals surface area (Å²) in [6.07, 6.45) is -61.3. The van der Waals surface area contributed by atoms with Gasteiger partial charge < -0.3 is 175 Å². The summed E-state index contributed by atoms with van der Waals surface area (Å²) in [6.45, 7) is -1.66. The lowest BCUT2D eigenvalue weighted by atomic mass is 9.93. The van der Waals surface area contributed by atoms with Crippen molar-refractivity contribution in [3.63, 3.8) is 0 Å². The summed E-state index contributed by atoms with van der Waals surface area (Å²) in [4.78, 5) is 38.3. The van der Waals surface area contributed by atoms with Crippen molar-refractivity contribution in [2.75, 3.05) is 39.6 Å². The van der Waals surface area contributed by atoms with Crippen LogP contribution in [0.2, 0.25) is 0 Å². The fourth-order valence-corrected chi connectivity index (χ4v) is 11.0. The third-order valence-electron chi connectivity index (χ3n) is 15.7. The van der Waals surface area contributed by atoms with E-state index in [1.807, 2.05) is 0 Å². The molecule has 7 saturated heterocycles. The summed E-state index contributed by atoms with van der Waals surface area (Å²) in [7, 11) is 0. The van der Waals surface area contributed by atoms with Crippen LogP contribution in [0, 0.1) is 0 Å². The normalized spacial score (nSPS) is 49.4. The van der Waals surface area contributed by atoms with Gasteiger partial charge in [-0.2, -0.15) is 0 Å². The summed E-state index contributed by atoms with van der Waals surface area (Å²) in [5, 5.41) is 213. The molecule has 0 saturated carbocycles. The standard InChI is InChI=1S/C48H81N3O35/c1-11-24(60)30(66)33(69)45(75-11)85-40-23(51-14(4)59)43(74-10-20-29(65)38(21(42(73)76-20)49-12(2)57)83-46-34(70)31(67)25(61)15(5-52)78-46)81-19(9-56)37(40)82-48-36(72)41(28(64)18(8-55)80-48)86-44-22(50-13(3)58)39(27(63)17(7-54)77-44)84-47-35(71)32(68)26(62)16(6-53)79-47/h11,15-48,52-56,60-73H,5-10H2,1-4H3,(H,49,57)(H,50,58)(H,51,59)/t11-,15+,16+,17+,18+,19+,20+,21+,22+,23+,24+,25-,26-,27+,28-,29-,30+,31-,32-,33-,34+,35+,36+,37+,38+,39+,40+,41-,42?,43+,44-,45-,46-,47-,48-/m0/s1. The van der Waals surface area contributed by atoms with Gasteiger partial charge in [0, 0.05) is 20.8 Å². The highest BCUT2D eigenvalue weighted by Gasteiger charge is 2.59. The van der Waals surface area contributed by atoms with Gasteiger partial charge in [-0.15, -0.1) is 0 Å². The van der Waals surface area contributed by atoms with Gasteiger partial charge in [0.2, 0.25) is 17.7 Å². The second-order valence-corrected chi connectivity index (χ2v) is 21.8. The van der Waals surface area contributed by atoms with E-state index in [0.717, 1.165) is 20.8 Å². The maximum absolute atomic E-state index is 13.2. The van der Waals surface area contributed by atoms with Crippen LogP contribution in [0.25, 0.3) is 0 Å². The molecule has 38 nitrogen and oxygen atoms in total. The molecule has 7 heterocycles. The van der Waals surface area contributed by atoms with Crippen molar-refractivity contribution in [2.24, 2.45) is 0 Å². The maximum Gasteiger partial charge on any atom is 0.217 e. The Kier molecular flexibility index (Phi) is 25.0. The zero-order valence-corrected chi connectivity index (χ0v) is 46.5. The first-order valence-electron chi connectivity index (χ1n) is 27.5. The molecule has 498 valence electrons. The van der Waals surface area contributed by atoms with Gasteiger partial charge in [0.1, 0.15) is 165 Å². The third kappa shape index (κ3) is 15.4. The lowest BCUT2D eigenvalue weighted by Gasteiger charge is -2.51. The van der Waals surface area contributed by atoms with Crippen LogP contribution in [0.3, 0.4) is 0 Å². The molecule has 0 aromatic heterocycles. The molecular weight excluding hydrogens is 1180 g/mol. The molecule has 0 spiro atoms. The van der Waals surface area contributed by atoms with E-state index < -0.39 is 272 Å². The molecule has 38 heteroatoms. The van der Waals surface area contributed by atoms with Gasteiger partial charge >= 0.3 is 0 Å². The quantitative estimate of drug-likeness (QED) is 0.0507. The van der Waals surface area contributed by atoms with E-state index in [1.54, 1.807) is 0 Å². The molecular formula is C48H81N3O35. The number of ether oxygens (including phenoxy) is 13. The van der Waals surface area contributed by atoms with Crippen molar-refractivity contribution in [3.8, 4) is 0 Å². The predicted molar refractivity (Wildman–Crippen MR) is 265 cm³/mol. The molecule has 1 unspecified atom stereocenters. The number of carbonyl (C=O) groups is 3. The Bertz CT molecular complexity index is 2170. The predicted octanol–water partition coefficient (Wildman–Crippen LogP) is -14.8. The van der Waals surface area contributed by atoms with Crippen molar-refractivity contribution in [1.82, 2.24) is 16.0 Å². The number of nitrogens with one attached hydrogen (secondary N) is 3. The van der Waals surface area contributed by atoms with Crippen LogP contribution in [0.4, 0.5) is 0 Å². The molecule has 0 aliphatic carbocycles. The van der Waals surface area contributed by atoms with Crippen molar-refractivity contribution >= 4 is 17.7 Å². The van der Waals surface area contributed by atoms with Crippen molar-refractivity contribution in [1.29, 1.82) is 0 Å². The summed E-state index contributed by atoms with van der Waals surface area (Å²) in [6, 6.07) is -5.26. The van der Waals surface area contributed by atoms with Gasteiger partial charge in [0.15, 0.2) is 44.0 Å². The first-order valence-corrected chi connectivity index (χ1v) is 27.5. The summed E-state index contributed by atoms with van der Waals surface area (Å²) in [5.41, 5.74) is 0. The molecule has 0 radical (unpaired) electrons. The molecule has 7 aliphatic rings. The Labute approximate surface area is 488 Å². The van der Waals surface area contributed by atoms with Crippen molar-refractivity contribution in [3.05, 3.63) is 0 Å². The number of rotatable bonds is 21. The molecule has 3 amide bonds. The van der Waals surface area contributed by atoms with E-state index >= 15 is 0 Å². The number of hydrogen-bond donors (Lipinski definition) is 22. The van der Waals surface area contributed by atoms with E-state index in [2.05, 4.69) is 16.0 Å². The SMILES string of the molecule is CC(=O)N[C@H]1[C@H](OC[C@H]2OC(O)[C@H](NC(C)=O)[C@@H](O[C@@H]3O[C@H](CO)[C@H](O)[C@H](O)[C@H]3O)[C@H]2O)O[C@H](CO)[C@@H](O[C@@H]2O[C@H](CO)[C@H](O)[C@H](O[C@@H]3O[C@H](CO)[C@@H](O)[C@H](O[C@@H]4O[C@H](CO)[C@H](O)[C@H](O)[C@H]4O)[C@H]3NC(C)=O)[C@H]2O)[C@@H]1O[C@@H]1O[C@@H](C)[C@@H](O)[C@@H](O)[C@@H]1O. The highest BCUT2D eigenvalue weighted by atomic mass is 16.8. The Morgan fingerprint density at radius 1 is 0.326 bits per heavy atom. The summed E-state index contributed by atoms with van der Waals surface area (Å²) in [5.74, 6) is -2.56. The fourth-order valence-electron chi connectivity index (χ4n) is 11.0. The van der Waals surface area contributed by atoms with Crippen LogP contribution in [0.5, 0.6) is 0 Å². The van der Waals surface area contributed by atoms with Crippen LogP contribution < -0.4 is 16.0 Å². The van der Waals surface area contributed by atoms with Crippen molar-refractivity contribution in [2.45, 2.75) is 242 Å². The number of carbonyl (C=O) groups excluding carboxylic acids is 3. The molecule has 7 rings (SSSR count). The van der Waals surface area contributed by atoms with Gasteiger partial charge in [0.05, 0.1) is 45.7 Å². The first kappa shape index (κ1) is 70.6. The molecule has 22 N–H and O–H groups in total. The minimum Gasteiger partial charge on any atom is -0.394 e. The maximum atomic E-state index is 13.2. The van der Waals surface area contributed by atoms with Crippen LogP contribution in [0.1, 0.15) is 27.7 Å². The van der Waals surface area contributed by atoms with Crippen molar-refractivity contribution < 1.29 is 173 Å². The van der Waals surface area contributed by atoms with Crippen LogP contribution in [-0.2, 0) is 76.0 Å². The average Bonchev–Trinajstić information content (AvgIpc) is 1.23. The minimum absolute atomic E-state index is 0.795. The summed E-state index contributed by atoms with van der Waals surface area (Å²) >= 11 is 0. The fraction of sp³-hybridized carbons (Fsp3) is 0.938. The van der Waals surface area contributed by atoms with Gasteiger partial charge in [-0.3, -0.25) is 14.4 Å². The molecule has 7 fully saturated rings. The average molecular weight is 1260 g/mol. The highest BCUT2D eigenvalue weighted by molar-refractivity contribution is 5.74. The van der Waals surface area contributed by atoms with E-state index in [9.17, 15) is 111 Å². The number of amides is 3. The smallest absolute Gasteiger partial charge is 0.217 e. The largest absolute Gasteiger partial charge is 0.394 e. The van der Waals surface area contributed by atoms with E-state index in [-0.39, 0.29) is 0 Å². The Balaban J connectivity index is 1.19. The monoisotopic (exact) mass is 1260 g/mol. The molecule has 7 aliphatic heterocycles. The zero-order chi connectivity index (χ0) is 63.5. The zero-order valence-electron chi connectivity index (χ0n) is 46.5. The molecule has 86 heavy (non-hydrogen) atoms. The number of hydrogen-bond acceptors (Lipinski definition) is 35. The van der Waals surface area contributed by atoms with Gasteiger partial charge in [-0.25, -0.2) is 0 Å². The Morgan fingerprint density at radius 3 is 1.14 bits per heavy atom. The lowest BCUT2D eigenvalue weighted by molar-refractivity contribution is -0.388. The third-order valence-corrected chi connectivity index (χ3v) is 15.7. The van der Waals surface area contributed by atoms with Gasteiger partial charge in [0.25, 0.3) is 0 Å². The van der Waals surface area contributed by atoms with Crippen LogP contribution in [0.15, 0.2) is 0 Å². The van der Waals surface area contributed by atoms with E-state index in [1.165, 1.54) is 6.92 Å². The molecule has 0 aromatic carbocycles. The highest BCUT2D eigenvalue weighted by Crippen LogP contribution is 2.38. The van der Waals surface area contributed by atoms with Gasteiger partial charge in [-0.1, -0.05) is 0 Å². The van der Waals surface area contributed by atoms with Crippen LogP contribution >= 0.6 is 0 Å². The Hall–Kier alpha value is -2.87. The molecule has 35 atom stereocenters. The summed E-state index contributed by atoms with van der Waals surface area (Å²) < 4.78 is 76.4. The van der Waals surface area contributed by atoms with E-state index in [0.29, 0.717) is 0 Å². The second kappa shape index (κ2) is 30.5.